The van der Waals surface area contributed by atoms with Gasteiger partial charge in [0.05, 0.1) is 17.3 Å². The van der Waals surface area contributed by atoms with Crippen LogP contribution in [-0.2, 0) is 9.53 Å². The summed E-state index contributed by atoms with van der Waals surface area (Å²) in [6.07, 6.45) is 4.94. The summed E-state index contributed by atoms with van der Waals surface area (Å²) in [5, 5.41) is 3.48. The van der Waals surface area contributed by atoms with E-state index in [1.807, 2.05) is 6.92 Å². The molecule has 0 spiro atoms. The molecular formula is C16H30N2O2. The number of hydrogen-bond donors (Lipinski definition) is 1. The fourth-order valence-corrected chi connectivity index (χ4v) is 3.77. The molecular weight excluding hydrogens is 252 g/mol. The summed E-state index contributed by atoms with van der Waals surface area (Å²) in [5.41, 5.74) is -0.424. The Bertz CT molecular complexity index is 367. The number of amides is 1. The van der Waals surface area contributed by atoms with E-state index in [0.717, 1.165) is 38.7 Å². The van der Waals surface area contributed by atoms with Crippen LogP contribution >= 0.6 is 0 Å². The van der Waals surface area contributed by atoms with Gasteiger partial charge in [-0.05, 0) is 46.0 Å². The van der Waals surface area contributed by atoms with Gasteiger partial charge in [0.1, 0.15) is 0 Å². The second-order valence-electron chi connectivity index (χ2n) is 6.60. The van der Waals surface area contributed by atoms with Gasteiger partial charge in [-0.15, -0.1) is 0 Å². The zero-order valence-electron chi connectivity index (χ0n) is 13.7. The number of rotatable bonds is 4. The second-order valence-corrected chi connectivity index (χ2v) is 6.60. The average Bonchev–Trinajstić information content (AvgIpc) is 2.69. The number of carbonyl (C=O) groups excluding carboxylic acids is 1. The smallest absolute Gasteiger partial charge is 0.244 e. The molecule has 1 N–H and O–H groups in total. The maximum absolute atomic E-state index is 12.8. The van der Waals surface area contributed by atoms with Gasteiger partial charge in [0.15, 0.2) is 0 Å². The maximum atomic E-state index is 12.8. The molecule has 0 aromatic carbocycles. The number of carbonyl (C=O) groups is 1. The summed E-state index contributed by atoms with van der Waals surface area (Å²) >= 11 is 0. The first-order chi connectivity index (χ1) is 9.41. The maximum Gasteiger partial charge on any atom is 0.244 e. The summed E-state index contributed by atoms with van der Waals surface area (Å²) in [6.45, 7) is 11.4. The lowest BCUT2D eigenvalue weighted by Crippen LogP contribution is -2.52. The Labute approximate surface area is 123 Å². The molecule has 116 valence electrons. The van der Waals surface area contributed by atoms with Gasteiger partial charge in [0, 0.05) is 12.6 Å². The van der Waals surface area contributed by atoms with Crippen molar-refractivity contribution in [3.63, 3.8) is 0 Å². The van der Waals surface area contributed by atoms with E-state index in [1.165, 1.54) is 0 Å². The lowest BCUT2D eigenvalue weighted by molar-refractivity contribution is -0.145. The minimum absolute atomic E-state index is 0.0336. The molecule has 4 heteroatoms. The standard InChI is InChI=1S/C16H30N2O2/c1-6-15(5)14(19)18(12(4)17-15)13-9-10-20-16(7-2,8-3)11-13/h12-13,17H,6-11H2,1-5H3. The molecule has 2 aliphatic heterocycles. The monoisotopic (exact) mass is 282 g/mol. The molecule has 3 unspecified atom stereocenters. The molecule has 2 aliphatic rings. The molecule has 4 nitrogen and oxygen atoms in total. The fraction of sp³-hybridized carbons (Fsp3) is 0.938. The van der Waals surface area contributed by atoms with Crippen molar-refractivity contribution in [2.75, 3.05) is 6.61 Å². The van der Waals surface area contributed by atoms with Crippen LogP contribution in [0.15, 0.2) is 0 Å². The molecule has 2 fully saturated rings. The SMILES string of the molecule is CCC1(CC)CC(N2C(=O)C(C)(CC)NC2C)CCO1. The van der Waals surface area contributed by atoms with Gasteiger partial charge in [0.25, 0.3) is 0 Å². The van der Waals surface area contributed by atoms with Gasteiger partial charge in [-0.3, -0.25) is 10.1 Å². The highest BCUT2D eigenvalue weighted by molar-refractivity contribution is 5.88. The van der Waals surface area contributed by atoms with Gasteiger partial charge in [-0.2, -0.15) is 0 Å². The average molecular weight is 282 g/mol. The summed E-state index contributed by atoms with van der Waals surface area (Å²) in [6, 6.07) is 0.312. The zero-order chi connectivity index (χ0) is 15.0. The van der Waals surface area contributed by atoms with E-state index in [0.29, 0.717) is 6.04 Å². The highest BCUT2D eigenvalue weighted by atomic mass is 16.5. The lowest BCUT2D eigenvalue weighted by atomic mass is 9.85. The van der Waals surface area contributed by atoms with Crippen molar-refractivity contribution < 1.29 is 9.53 Å². The van der Waals surface area contributed by atoms with Crippen molar-refractivity contribution in [3.8, 4) is 0 Å². The van der Waals surface area contributed by atoms with E-state index >= 15 is 0 Å². The Kier molecular flexibility index (Phi) is 4.45. The topological polar surface area (TPSA) is 41.6 Å². The molecule has 2 rings (SSSR count). The zero-order valence-corrected chi connectivity index (χ0v) is 13.7. The quantitative estimate of drug-likeness (QED) is 0.862. The number of nitrogens with zero attached hydrogens (tertiary/aromatic N) is 1. The number of hydrogen-bond acceptors (Lipinski definition) is 3. The predicted octanol–water partition coefficient (Wildman–Crippen LogP) is 2.67. The first-order valence-electron chi connectivity index (χ1n) is 8.15. The molecule has 0 saturated carbocycles. The van der Waals surface area contributed by atoms with Crippen molar-refractivity contribution in [1.29, 1.82) is 0 Å². The van der Waals surface area contributed by atoms with E-state index in [2.05, 4.69) is 37.9 Å². The van der Waals surface area contributed by atoms with E-state index in [1.54, 1.807) is 0 Å². The highest BCUT2D eigenvalue weighted by Crippen LogP contribution is 2.36. The predicted molar refractivity (Wildman–Crippen MR) is 80.4 cm³/mol. The Morgan fingerprint density at radius 2 is 1.95 bits per heavy atom. The molecule has 0 aliphatic carbocycles. The van der Waals surface area contributed by atoms with Gasteiger partial charge in [-0.25, -0.2) is 0 Å². The molecule has 1 amide bonds. The van der Waals surface area contributed by atoms with Crippen molar-refractivity contribution in [2.45, 2.75) is 90.1 Å². The minimum Gasteiger partial charge on any atom is -0.375 e. The van der Waals surface area contributed by atoms with Crippen LogP contribution in [0.2, 0.25) is 0 Å². The molecule has 0 aromatic heterocycles. The number of ether oxygens (including phenoxy) is 1. The van der Waals surface area contributed by atoms with Crippen LogP contribution in [0.4, 0.5) is 0 Å². The largest absolute Gasteiger partial charge is 0.375 e. The van der Waals surface area contributed by atoms with E-state index < -0.39 is 5.54 Å². The van der Waals surface area contributed by atoms with Crippen molar-refractivity contribution in [1.82, 2.24) is 10.2 Å². The highest BCUT2D eigenvalue weighted by Gasteiger charge is 2.49. The summed E-state index contributed by atoms with van der Waals surface area (Å²) < 4.78 is 6.04. The fourth-order valence-electron chi connectivity index (χ4n) is 3.77. The molecule has 2 saturated heterocycles. The summed E-state index contributed by atoms with van der Waals surface area (Å²) in [5.74, 6) is 0.264. The van der Waals surface area contributed by atoms with Gasteiger partial charge in [0.2, 0.25) is 5.91 Å². The molecule has 0 radical (unpaired) electrons. The number of nitrogens with one attached hydrogen (secondary N) is 1. The van der Waals surface area contributed by atoms with Crippen LogP contribution in [0.5, 0.6) is 0 Å². The Morgan fingerprint density at radius 1 is 1.30 bits per heavy atom. The van der Waals surface area contributed by atoms with Crippen molar-refractivity contribution in [2.24, 2.45) is 0 Å². The van der Waals surface area contributed by atoms with Crippen molar-refractivity contribution in [3.05, 3.63) is 0 Å². The van der Waals surface area contributed by atoms with Gasteiger partial charge in [-0.1, -0.05) is 20.8 Å². The molecule has 0 aromatic rings. The second kappa shape index (κ2) is 5.64. The van der Waals surface area contributed by atoms with Crippen LogP contribution in [0.25, 0.3) is 0 Å². The van der Waals surface area contributed by atoms with Gasteiger partial charge < -0.3 is 9.64 Å². The third-order valence-corrected chi connectivity index (χ3v) is 5.51. The van der Waals surface area contributed by atoms with Gasteiger partial charge >= 0.3 is 0 Å². The first-order valence-corrected chi connectivity index (χ1v) is 8.15. The molecule has 3 atom stereocenters. The first kappa shape index (κ1) is 15.8. The normalized spacial score (nSPS) is 37.5. The molecule has 2 heterocycles. The molecule has 20 heavy (non-hydrogen) atoms. The Balaban J connectivity index is 2.17. The Morgan fingerprint density at radius 3 is 2.45 bits per heavy atom. The Hall–Kier alpha value is -0.610. The van der Waals surface area contributed by atoms with Crippen LogP contribution in [0.1, 0.15) is 66.7 Å². The summed E-state index contributed by atoms with van der Waals surface area (Å²) in [7, 11) is 0. The third kappa shape index (κ3) is 2.48. The van der Waals surface area contributed by atoms with Crippen LogP contribution in [0.3, 0.4) is 0 Å². The van der Waals surface area contributed by atoms with Crippen LogP contribution < -0.4 is 5.32 Å². The lowest BCUT2D eigenvalue weighted by Gasteiger charge is -2.44. The van der Waals surface area contributed by atoms with Crippen LogP contribution in [-0.4, -0.2) is 40.8 Å². The van der Waals surface area contributed by atoms with E-state index in [9.17, 15) is 4.79 Å². The molecule has 0 bridgehead atoms. The van der Waals surface area contributed by atoms with E-state index in [4.69, 9.17) is 4.74 Å². The van der Waals surface area contributed by atoms with Crippen LogP contribution in [0, 0.1) is 0 Å². The van der Waals surface area contributed by atoms with Crippen molar-refractivity contribution >= 4 is 5.91 Å². The minimum atomic E-state index is -0.390. The summed E-state index contributed by atoms with van der Waals surface area (Å²) in [4.78, 5) is 14.9. The van der Waals surface area contributed by atoms with E-state index in [-0.39, 0.29) is 17.7 Å². The third-order valence-electron chi connectivity index (χ3n) is 5.51.